The third kappa shape index (κ3) is 8.68. The highest BCUT2D eigenvalue weighted by Gasteiger charge is 2.15. The summed E-state index contributed by atoms with van der Waals surface area (Å²) in [5, 5.41) is 6.53. The summed E-state index contributed by atoms with van der Waals surface area (Å²) < 4.78 is 5.07. The number of rotatable bonds is 8. The highest BCUT2D eigenvalue weighted by molar-refractivity contribution is 14.0. The third-order valence-corrected chi connectivity index (χ3v) is 4.67. The molecule has 26 heavy (non-hydrogen) atoms. The third-order valence-electron chi connectivity index (χ3n) is 4.67. The van der Waals surface area contributed by atoms with E-state index in [0.29, 0.717) is 13.2 Å². The number of methoxy groups -OCH3 is 1. The minimum absolute atomic E-state index is 0. The molecule has 0 bridgehead atoms. The number of nitrogens with zero attached hydrogens (tertiary/aromatic N) is 2. The van der Waals surface area contributed by atoms with Crippen LogP contribution in [-0.4, -0.2) is 50.8 Å². The summed E-state index contributed by atoms with van der Waals surface area (Å²) in [6.07, 6.45) is 2.66. The minimum Gasteiger partial charge on any atom is -0.383 e. The number of ether oxygens (including phenoxy) is 1. The highest BCUT2D eigenvalue weighted by Crippen LogP contribution is 2.18. The summed E-state index contributed by atoms with van der Waals surface area (Å²) in [5.41, 5.74) is 2.63. The Bertz CT molecular complexity index is 513. The van der Waals surface area contributed by atoms with Gasteiger partial charge in [0.05, 0.1) is 13.2 Å². The molecule has 6 heteroatoms. The predicted octanol–water partition coefficient (Wildman–Crippen LogP) is 3.24. The van der Waals surface area contributed by atoms with Crippen molar-refractivity contribution >= 4 is 29.9 Å². The van der Waals surface area contributed by atoms with Gasteiger partial charge in [0.25, 0.3) is 0 Å². The van der Waals surface area contributed by atoms with E-state index < -0.39 is 0 Å². The van der Waals surface area contributed by atoms with E-state index in [9.17, 15) is 0 Å². The number of hydrogen-bond donors (Lipinski definition) is 2. The molecule has 1 heterocycles. The molecule has 2 N–H and O–H groups in total. The molecule has 0 spiro atoms. The van der Waals surface area contributed by atoms with Gasteiger partial charge in [0, 0.05) is 26.7 Å². The SMILES string of the molecule is CCNC(=NCc1ccc(CN2CCC(C)CC2)cc1)NCCOC.I. The molecule has 0 unspecified atom stereocenters. The van der Waals surface area contributed by atoms with Gasteiger partial charge in [-0.1, -0.05) is 31.2 Å². The second-order valence-corrected chi connectivity index (χ2v) is 6.89. The number of guanidine groups is 1. The first-order valence-electron chi connectivity index (χ1n) is 9.52. The van der Waals surface area contributed by atoms with Crippen molar-refractivity contribution in [1.82, 2.24) is 15.5 Å². The Labute approximate surface area is 176 Å². The minimum atomic E-state index is 0. The first-order chi connectivity index (χ1) is 12.2. The molecule has 148 valence electrons. The van der Waals surface area contributed by atoms with Crippen LogP contribution in [0.25, 0.3) is 0 Å². The summed E-state index contributed by atoms with van der Waals surface area (Å²) in [5.74, 6) is 1.73. The van der Waals surface area contributed by atoms with Gasteiger partial charge in [0.1, 0.15) is 0 Å². The Morgan fingerprint density at radius 1 is 1.15 bits per heavy atom. The number of piperidine rings is 1. The summed E-state index contributed by atoms with van der Waals surface area (Å²) in [6.45, 7) is 10.9. The Morgan fingerprint density at radius 2 is 1.81 bits per heavy atom. The van der Waals surface area contributed by atoms with Crippen molar-refractivity contribution < 1.29 is 4.74 Å². The molecular formula is C20H35IN4O. The smallest absolute Gasteiger partial charge is 0.191 e. The zero-order valence-electron chi connectivity index (χ0n) is 16.5. The average Bonchev–Trinajstić information content (AvgIpc) is 2.63. The van der Waals surface area contributed by atoms with Crippen molar-refractivity contribution in [3.8, 4) is 0 Å². The molecule has 1 aromatic carbocycles. The van der Waals surface area contributed by atoms with Crippen LogP contribution in [0.4, 0.5) is 0 Å². The lowest BCUT2D eigenvalue weighted by atomic mass is 9.99. The van der Waals surface area contributed by atoms with Crippen LogP contribution in [0.5, 0.6) is 0 Å². The maximum absolute atomic E-state index is 5.07. The van der Waals surface area contributed by atoms with E-state index in [2.05, 4.69) is 58.6 Å². The van der Waals surface area contributed by atoms with Gasteiger partial charge in [0.2, 0.25) is 0 Å². The maximum atomic E-state index is 5.07. The molecule has 2 rings (SSSR count). The van der Waals surface area contributed by atoms with Crippen molar-refractivity contribution in [3.63, 3.8) is 0 Å². The van der Waals surface area contributed by atoms with Gasteiger partial charge < -0.3 is 15.4 Å². The largest absolute Gasteiger partial charge is 0.383 e. The van der Waals surface area contributed by atoms with E-state index in [1.807, 2.05) is 0 Å². The molecule has 1 fully saturated rings. The van der Waals surface area contributed by atoms with E-state index in [4.69, 9.17) is 4.74 Å². The fourth-order valence-corrected chi connectivity index (χ4v) is 3.01. The molecule has 0 saturated carbocycles. The van der Waals surface area contributed by atoms with Crippen molar-refractivity contribution in [2.45, 2.75) is 39.8 Å². The molecule has 1 aromatic rings. The van der Waals surface area contributed by atoms with Gasteiger partial charge in [-0.05, 0) is 49.9 Å². The van der Waals surface area contributed by atoms with Crippen LogP contribution < -0.4 is 10.6 Å². The van der Waals surface area contributed by atoms with E-state index in [0.717, 1.165) is 31.5 Å². The lowest BCUT2D eigenvalue weighted by molar-refractivity contribution is 0.185. The normalized spacial score (nSPS) is 16.2. The van der Waals surface area contributed by atoms with Crippen LogP contribution in [0.1, 0.15) is 37.8 Å². The number of benzene rings is 1. The first kappa shape index (κ1) is 23.2. The molecule has 5 nitrogen and oxygen atoms in total. The van der Waals surface area contributed by atoms with Crippen molar-refractivity contribution in [3.05, 3.63) is 35.4 Å². The van der Waals surface area contributed by atoms with Crippen molar-refractivity contribution in [2.75, 3.05) is 39.9 Å². The monoisotopic (exact) mass is 474 g/mol. The molecule has 0 radical (unpaired) electrons. The lowest BCUT2D eigenvalue weighted by Gasteiger charge is -2.30. The summed E-state index contributed by atoms with van der Waals surface area (Å²) >= 11 is 0. The second kappa shape index (κ2) is 13.3. The molecule has 0 amide bonds. The Hall–Kier alpha value is -0.860. The fourth-order valence-electron chi connectivity index (χ4n) is 3.01. The van der Waals surface area contributed by atoms with Crippen LogP contribution in [0.2, 0.25) is 0 Å². The Kier molecular flexibility index (Phi) is 11.9. The van der Waals surface area contributed by atoms with E-state index in [-0.39, 0.29) is 24.0 Å². The number of halogens is 1. The van der Waals surface area contributed by atoms with Crippen LogP contribution in [0.3, 0.4) is 0 Å². The van der Waals surface area contributed by atoms with Gasteiger partial charge in [-0.25, -0.2) is 4.99 Å². The molecule has 1 aliphatic rings. The first-order valence-corrected chi connectivity index (χ1v) is 9.52. The van der Waals surface area contributed by atoms with Gasteiger partial charge in [-0.3, -0.25) is 4.90 Å². The molecule has 0 aromatic heterocycles. The van der Waals surface area contributed by atoms with Gasteiger partial charge >= 0.3 is 0 Å². The standard InChI is InChI=1S/C20H34N4O.HI/c1-4-21-20(22-11-14-25-3)23-15-18-5-7-19(8-6-18)16-24-12-9-17(2)10-13-24;/h5-8,17H,4,9-16H2,1-3H3,(H2,21,22,23);1H. The molecule has 1 saturated heterocycles. The van der Waals surface area contributed by atoms with Crippen molar-refractivity contribution in [1.29, 1.82) is 0 Å². The van der Waals surface area contributed by atoms with Crippen LogP contribution in [-0.2, 0) is 17.8 Å². The maximum Gasteiger partial charge on any atom is 0.191 e. The quantitative estimate of drug-likeness (QED) is 0.263. The summed E-state index contributed by atoms with van der Waals surface area (Å²) in [6, 6.07) is 8.89. The molecule has 1 aliphatic heterocycles. The summed E-state index contributed by atoms with van der Waals surface area (Å²) in [4.78, 5) is 7.20. The summed E-state index contributed by atoms with van der Waals surface area (Å²) in [7, 11) is 1.71. The topological polar surface area (TPSA) is 48.9 Å². The number of hydrogen-bond acceptors (Lipinski definition) is 3. The van der Waals surface area contributed by atoms with E-state index in [1.165, 1.54) is 37.1 Å². The van der Waals surface area contributed by atoms with Gasteiger partial charge in [0.15, 0.2) is 5.96 Å². The molecule has 0 aliphatic carbocycles. The molecule has 0 atom stereocenters. The average molecular weight is 474 g/mol. The fraction of sp³-hybridized carbons (Fsp3) is 0.650. The van der Waals surface area contributed by atoms with Crippen LogP contribution in [0.15, 0.2) is 29.3 Å². The predicted molar refractivity (Wildman–Crippen MR) is 120 cm³/mol. The highest BCUT2D eigenvalue weighted by atomic mass is 127. The van der Waals surface area contributed by atoms with Crippen LogP contribution >= 0.6 is 24.0 Å². The second-order valence-electron chi connectivity index (χ2n) is 6.89. The van der Waals surface area contributed by atoms with Gasteiger partial charge in [-0.15, -0.1) is 24.0 Å². The van der Waals surface area contributed by atoms with Crippen LogP contribution in [0, 0.1) is 5.92 Å². The van der Waals surface area contributed by atoms with E-state index in [1.54, 1.807) is 7.11 Å². The number of aliphatic imine (C=N–C) groups is 1. The molecular weight excluding hydrogens is 439 g/mol. The lowest BCUT2D eigenvalue weighted by Crippen LogP contribution is -2.38. The zero-order chi connectivity index (χ0) is 17.9. The zero-order valence-corrected chi connectivity index (χ0v) is 18.8. The van der Waals surface area contributed by atoms with Gasteiger partial charge in [-0.2, -0.15) is 0 Å². The van der Waals surface area contributed by atoms with Crippen molar-refractivity contribution in [2.24, 2.45) is 10.9 Å². The van der Waals surface area contributed by atoms with E-state index >= 15 is 0 Å². The Balaban J connectivity index is 0.00000338. The number of likely N-dealkylation sites (tertiary alicyclic amines) is 1. The Morgan fingerprint density at radius 3 is 2.42 bits per heavy atom. The number of nitrogens with one attached hydrogen (secondary N) is 2.